The van der Waals surface area contributed by atoms with E-state index in [1.54, 1.807) is 31.1 Å². The lowest BCUT2D eigenvalue weighted by Crippen LogP contribution is -2.54. The molecule has 0 bridgehead atoms. The van der Waals surface area contributed by atoms with Crippen LogP contribution in [-0.4, -0.2) is 64.5 Å². The summed E-state index contributed by atoms with van der Waals surface area (Å²) in [7, 11) is -5.45. The van der Waals surface area contributed by atoms with Crippen LogP contribution in [0.5, 0.6) is 0 Å². The maximum absolute atomic E-state index is 12.8. The largest absolute Gasteiger partial charge is 0.285 e. The van der Waals surface area contributed by atoms with E-state index in [0.717, 1.165) is 25.4 Å². The number of hydrogen-bond acceptors (Lipinski definition) is 7. The first-order valence-corrected chi connectivity index (χ1v) is 12.1. The van der Waals surface area contributed by atoms with Crippen molar-refractivity contribution in [2.75, 3.05) is 19.6 Å². The molecule has 1 heterocycles. The molecule has 10 heteroatoms. The van der Waals surface area contributed by atoms with Crippen LogP contribution in [0, 0.1) is 0 Å². The Morgan fingerprint density at radius 3 is 2.04 bits per heavy atom. The molecule has 27 heavy (non-hydrogen) atoms. The van der Waals surface area contributed by atoms with Gasteiger partial charge in [-0.15, -0.1) is 0 Å². The molecular weight excluding hydrogens is 392 g/mol. The highest BCUT2D eigenvalue weighted by Gasteiger charge is 2.45. The van der Waals surface area contributed by atoms with Crippen LogP contribution in [-0.2, 0) is 28.9 Å². The zero-order valence-electron chi connectivity index (χ0n) is 15.5. The predicted molar refractivity (Wildman–Crippen MR) is 99.5 cm³/mol. The van der Waals surface area contributed by atoms with Gasteiger partial charge in [0.05, 0.1) is 22.9 Å². The standard InChI is InChI=1S/C17H22N2O6S2/c1-11-15(12-5-9-14(10-6-12)26(3,21)22)18(2)19(13-7-8-13)17(20)16(11)25-27(4,23)24/h5-6,9-10,13,16H,7-8H2,1-4H3. The van der Waals surface area contributed by atoms with Crippen LogP contribution in [0.1, 0.15) is 25.3 Å². The van der Waals surface area contributed by atoms with Gasteiger partial charge < -0.3 is 0 Å². The zero-order chi connectivity index (χ0) is 20.1. The van der Waals surface area contributed by atoms with Crippen LogP contribution < -0.4 is 0 Å². The normalized spacial score (nSPS) is 21.8. The molecule has 3 rings (SSSR count). The summed E-state index contributed by atoms with van der Waals surface area (Å²) in [5.41, 5.74) is 1.75. The summed E-state index contributed by atoms with van der Waals surface area (Å²) >= 11 is 0. The average Bonchev–Trinajstić information content (AvgIpc) is 3.35. The lowest BCUT2D eigenvalue weighted by molar-refractivity contribution is -0.151. The first kappa shape index (κ1) is 19.8. The number of hydrogen-bond donors (Lipinski definition) is 0. The number of benzene rings is 1. The third kappa shape index (κ3) is 4.02. The number of carbonyl (C=O) groups is 1. The molecule has 0 saturated heterocycles. The van der Waals surface area contributed by atoms with Crippen molar-refractivity contribution < 1.29 is 25.8 Å². The van der Waals surface area contributed by atoms with Crippen molar-refractivity contribution >= 4 is 31.6 Å². The summed E-state index contributed by atoms with van der Waals surface area (Å²) in [4.78, 5) is 13.0. The van der Waals surface area contributed by atoms with E-state index in [1.165, 1.54) is 17.1 Å². The van der Waals surface area contributed by atoms with Crippen molar-refractivity contribution in [2.24, 2.45) is 0 Å². The van der Waals surface area contributed by atoms with Crippen molar-refractivity contribution in [3.8, 4) is 0 Å². The van der Waals surface area contributed by atoms with E-state index in [0.29, 0.717) is 16.8 Å². The van der Waals surface area contributed by atoms with E-state index in [2.05, 4.69) is 0 Å². The Morgan fingerprint density at radius 1 is 1.04 bits per heavy atom. The van der Waals surface area contributed by atoms with E-state index >= 15 is 0 Å². The fraction of sp³-hybridized carbons (Fsp3) is 0.471. The minimum Gasteiger partial charge on any atom is -0.285 e. The Bertz CT molecular complexity index is 1010. The number of hydrazine groups is 1. The van der Waals surface area contributed by atoms with Crippen molar-refractivity contribution in [1.29, 1.82) is 0 Å². The Balaban J connectivity index is 2.10. The molecule has 1 aromatic rings. The fourth-order valence-corrected chi connectivity index (χ4v) is 4.45. The summed E-state index contributed by atoms with van der Waals surface area (Å²) in [6, 6.07) is 6.27. The molecular formula is C17H22N2O6S2. The van der Waals surface area contributed by atoms with E-state index in [9.17, 15) is 21.6 Å². The number of rotatable bonds is 5. The van der Waals surface area contributed by atoms with E-state index < -0.39 is 32.0 Å². The van der Waals surface area contributed by atoms with Crippen LogP contribution in [0.2, 0.25) is 0 Å². The van der Waals surface area contributed by atoms with E-state index in [-0.39, 0.29) is 10.9 Å². The van der Waals surface area contributed by atoms with Gasteiger partial charge in [-0.3, -0.25) is 14.0 Å². The van der Waals surface area contributed by atoms with Crippen molar-refractivity contribution in [2.45, 2.75) is 36.8 Å². The highest BCUT2D eigenvalue weighted by molar-refractivity contribution is 7.90. The number of carbonyl (C=O) groups excluding carboxylic acids is 1. The minimum absolute atomic E-state index is 0.00607. The maximum Gasteiger partial charge on any atom is 0.276 e. The minimum atomic E-state index is -3.85. The third-order valence-corrected chi connectivity index (χ3v) is 6.25. The van der Waals surface area contributed by atoms with Crippen LogP contribution in [0.4, 0.5) is 0 Å². The van der Waals surface area contributed by atoms with E-state index in [4.69, 9.17) is 4.18 Å². The molecule has 1 saturated carbocycles. The van der Waals surface area contributed by atoms with Gasteiger partial charge in [0, 0.05) is 13.3 Å². The molecule has 0 spiro atoms. The lowest BCUT2D eigenvalue weighted by atomic mass is 10.00. The monoisotopic (exact) mass is 414 g/mol. The van der Waals surface area contributed by atoms with Crippen LogP contribution in [0.15, 0.2) is 34.7 Å². The van der Waals surface area contributed by atoms with Crippen LogP contribution in [0.3, 0.4) is 0 Å². The summed E-state index contributed by atoms with van der Waals surface area (Å²) in [5, 5.41) is 3.23. The fourth-order valence-electron chi connectivity index (χ4n) is 3.25. The summed E-state index contributed by atoms with van der Waals surface area (Å²) in [6.07, 6.45) is 2.47. The smallest absolute Gasteiger partial charge is 0.276 e. The highest BCUT2D eigenvalue weighted by Crippen LogP contribution is 2.38. The van der Waals surface area contributed by atoms with Gasteiger partial charge in [-0.25, -0.2) is 13.4 Å². The molecule has 1 aliphatic carbocycles. The Hall–Kier alpha value is -1.91. The molecule has 0 radical (unpaired) electrons. The second kappa shape index (κ2) is 6.61. The van der Waals surface area contributed by atoms with Gasteiger partial charge in [0.1, 0.15) is 0 Å². The molecule has 1 amide bonds. The number of sulfone groups is 1. The predicted octanol–water partition coefficient (Wildman–Crippen LogP) is 1.02. The lowest BCUT2D eigenvalue weighted by Gasteiger charge is -2.42. The molecule has 0 N–H and O–H groups in total. The first-order valence-electron chi connectivity index (χ1n) is 8.36. The second-order valence-corrected chi connectivity index (χ2v) is 10.6. The summed E-state index contributed by atoms with van der Waals surface area (Å²) < 4.78 is 51.8. The topological polar surface area (TPSA) is 101 Å². The van der Waals surface area contributed by atoms with Gasteiger partial charge in [0.2, 0.25) is 0 Å². The van der Waals surface area contributed by atoms with Gasteiger partial charge in [0.15, 0.2) is 15.9 Å². The van der Waals surface area contributed by atoms with E-state index in [1.807, 2.05) is 0 Å². The SMILES string of the molecule is CC1=C(c2ccc(S(C)(=O)=O)cc2)N(C)N(C2CC2)C(=O)C1OS(C)(=O)=O. The number of nitrogens with zero attached hydrogens (tertiary/aromatic N) is 2. The van der Waals surface area contributed by atoms with Gasteiger partial charge >= 0.3 is 0 Å². The Labute approximate surface area is 159 Å². The molecule has 148 valence electrons. The molecule has 1 atom stereocenters. The molecule has 1 aliphatic heterocycles. The van der Waals surface area contributed by atoms with Crippen molar-refractivity contribution in [3.05, 3.63) is 35.4 Å². The zero-order valence-corrected chi connectivity index (χ0v) is 17.2. The van der Waals surface area contributed by atoms with Crippen molar-refractivity contribution in [1.82, 2.24) is 10.0 Å². The van der Waals surface area contributed by atoms with Gasteiger partial charge in [-0.1, -0.05) is 12.1 Å². The first-order chi connectivity index (χ1) is 12.4. The highest BCUT2D eigenvalue weighted by atomic mass is 32.2. The quantitative estimate of drug-likeness (QED) is 0.663. The average molecular weight is 415 g/mol. The third-order valence-electron chi connectivity index (χ3n) is 4.58. The molecule has 1 unspecified atom stereocenters. The molecule has 8 nitrogen and oxygen atoms in total. The van der Waals surface area contributed by atoms with Gasteiger partial charge in [-0.05, 0) is 43.0 Å². The summed E-state index contributed by atoms with van der Waals surface area (Å²) in [5.74, 6) is -0.417. The molecule has 0 aromatic heterocycles. The van der Waals surface area contributed by atoms with Crippen LogP contribution >= 0.6 is 0 Å². The molecule has 1 fully saturated rings. The van der Waals surface area contributed by atoms with Crippen molar-refractivity contribution in [3.63, 3.8) is 0 Å². The van der Waals surface area contributed by atoms with Gasteiger partial charge in [0.25, 0.3) is 16.0 Å². The molecule has 1 aromatic carbocycles. The van der Waals surface area contributed by atoms with Crippen LogP contribution in [0.25, 0.3) is 5.70 Å². The maximum atomic E-state index is 12.8. The number of amides is 1. The summed E-state index contributed by atoms with van der Waals surface area (Å²) in [6.45, 7) is 1.65. The molecule has 2 aliphatic rings. The Kier molecular flexibility index (Phi) is 4.86. The Morgan fingerprint density at radius 2 is 1.59 bits per heavy atom. The van der Waals surface area contributed by atoms with Gasteiger partial charge in [-0.2, -0.15) is 8.42 Å². The second-order valence-electron chi connectivity index (χ2n) is 6.95.